The van der Waals surface area contributed by atoms with Crippen molar-refractivity contribution in [3.8, 4) is 5.75 Å². The van der Waals surface area contributed by atoms with Gasteiger partial charge in [0.1, 0.15) is 17.1 Å². The minimum atomic E-state index is -1.42. The number of urea groups is 1. The standard InChI is InChI=1S/C20H20N4O3S/c1-27-18-5-2-6-19(12-18)28(26)24-17-9-7-16(8-10-17)23-20(25)22-14-15-4-3-11-21-13-15/h2-13,24H,14H2,1H3,(H2,22,23,25). The molecule has 3 aromatic rings. The van der Waals surface area contributed by atoms with Crippen molar-refractivity contribution in [2.24, 2.45) is 0 Å². The van der Waals surface area contributed by atoms with Crippen LogP contribution >= 0.6 is 0 Å². The van der Waals surface area contributed by atoms with E-state index >= 15 is 0 Å². The van der Waals surface area contributed by atoms with Crippen LogP contribution in [0.15, 0.2) is 78.0 Å². The molecule has 3 N–H and O–H groups in total. The van der Waals surface area contributed by atoms with Crippen molar-refractivity contribution in [2.45, 2.75) is 11.4 Å². The van der Waals surface area contributed by atoms with E-state index in [1.54, 1.807) is 68.0 Å². The molecule has 0 aliphatic rings. The first-order valence-electron chi connectivity index (χ1n) is 8.50. The van der Waals surface area contributed by atoms with E-state index in [-0.39, 0.29) is 6.03 Å². The van der Waals surface area contributed by atoms with Gasteiger partial charge >= 0.3 is 6.03 Å². The number of nitrogens with one attached hydrogen (secondary N) is 3. The molecule has 28 heavy (non-hydrogen) atoms. The van der Waals surface area contributed by atoms with Crippen molar-refractivity contribution in [1.29, 1.82) is 0 Å². The number of carbonyl (C=O) groups excluding carboxylic acids is 1. The van der Waals surface area contributed by atoms with Gasteiger partial charge in [0.25, 0.3) is 0 Å². The number of rotatable bonds is 7. The Hall–Kier alpha value is -3.23. The largest absolute Gasteiger partial charge is 0.588 e. The van der Waals surface area contributed by atoms with Gasteiger partial charge in [-0.1, -0.05) is 12.1 Å². The van der Waals surface area contributed by atoms with Gasteiger partial charge in [-0.2, -0.15) is 0 Å². The van der Waals surface area contributed by atoms with E-state index in [1.165, 1.54) is 0 Å². The Morgan fingerprint density at radius 3 is 2.61 bits per heavy atom. The zero-order chi connectivity index (χ0) is 19.8. The lowest BCUT2D eigenvalue weighted by atomic mass is 10.3. The van der Waals surface area contributed by atoms with Crippen LogP contribution in [0, 0.1) is 0 Å². The highest BCUT2D eigenvalue weighted by Gasteiger charge is 2.12. The fraction of sp³-hybridized carbons (Fsp3) is 0.100. The maximum atomic E-state index is 12.4. The summed E-state index contributed by atoms with van der Waals surface area (Å²) in [5, 5.41) is 5.51. The number of aromatic nitrogens is 1. The van der Waals surface area contributed by atoms with E-state index in [9.17, 15) is 9.35 Å². The summed E-state index contributed by atoms with van der Waals surface area (Å²) in [5.74, 6) is 0.643. The van der Waals surface area contributed by atoms with Crippen LogP contribution in [0.25, 0.3) is 0 Å². The summed E-state index contributed by atoms with van der Waals surface area (Å²) in [6.45, 7) is 0.388. The van der Waals surface area contributed by atoms with Crippen LogP contribution in [0.3, 0.4) is 0 Å². The molecule has 1 atom stereocenters. The molecule has 7 nitrogen and oxygen atoms in total. The normalized spacial score (nSPS) is 11.4. The first-order valence-corrected chi connectivity index (χ1v) is 9.65. The van der Waals surface area contributed by atoms with Crippen molar-refractivity contribution < 1.29 is 14.1 Å². The maximum Gasteiger partial charge on any atom is 0.319 e. The van der Waals surface area contributed by atoms with Gasteiger partial charge in [-0.3, -0.25) is 4.98 Å². The molecule has 0 radical (unpaired) electrons. The lowest BCUT2D eigenvalue weighted by Crippen LogP contribution is -2.28. The minimum Gasteiger partial charge on any atom is -0.588 e. The number of hydrogen-bond acceptors (Lipinski definition) is 5. The molecule has 0 aliphatic carbocycles. The topological polar surface area (TPSA) is 98.3 Å². The predicted octanol–water partition coefficient (Wildman–Crippen LogP) is 3.55. The fourth-order valence-electron chi connectivity index (χ4n) is 2.36. The van der Waals surface area contributed by atoms with Gasteiger partial charge in [0.15, 0.2) is 4.90 Å². The number of benzene rings is 2. The van der Waals surface area contributed by atoms with Crippen LogP contribution in [0.4, 0.5) is 16.2 Å². The molecule has 1 aromatic heterocycles. The number of methoxy groups -OCH3 is 1. The molecule has 0 fully saturated rings. The summed E-state index contributed by atoms with van der Waals surface area (Å²) < 4.78 is 20.5. The lowest BCUT2D eigenvalue weighted by molar-refractivity contribution is 0.251. The average Bonchev–Trinajstić information content (AvgIpc) is 2.74. The molecule has 8 heteroatoms. The van der Waals surface area contributed by atoms with Crippen LogP contribution in [-0.4, -0.2) is 22.7 Å². The van der Waals surface area contributed by atoms with Crippen molar-refractivity contribution in [1.82, 2.24) is 10.3 Å². The Labute approximate surface area is 166 Å². The molecule has 1 unspecified atom stereocenters. The van der Waals surface area contributed by atoms with E-state index in [4.69, 9.17) is 4.74 Å². The zero-order valence-corrected chi connectivity index (χ0v) is 16.0. The number of nitrogens with zero attached hydrogens (tertiary/aromatic N) is 1. The predicted molar refractivity (Wildman–Crippen MR) is 110 cm³/mol. The van der Waals surface area contributed by atoms with Gasteiger partial charge in [-0.25, -0.2) is 9.52 Å². The minimum absolute atomic E-state index is 0.315. The van der Waals surface area contributed by atoms with Crippen molar-refractivity contribution >= 4 is 28.8 Å². The highest BCUT2D eigenvalue weighted by Crippen LogP contribution is 2.21. The maximum absolute atomic E-state index is 12.4. The highest BCUT2D eigenvalue weighted by atomic mass is 32.2. The quantitative estimate of drug-likeness (QED) is 0.531. The molecule has 0 bridgehead atoms. The Morgan fingerprint density at radius 1 is 1.11 bits per heavy atom. The zero-order valence-electron chi connectivity index (χ0n) is 15.2. The summed E-state index contributed by atoms with van der Waals surface area (Å²) in [5.41, 5.74) is 2.21. The first-order chi connectivity index (χ1) is 13.6. The van der Waals surface area contributed by atoms with Gasteiger partial charge in [0.05, 0.1) is 12.8 Å². The van der Waals surface area contributed by atoms with Crippen LogP contribution in [-0.2, 0) is 17.9 Å². The lowest BCUT2D eigenvalue weighted by Gasteiger charge is -2.13. The molecule has 0 spiro atoms. The second kappa shape index (κ2) is 9.63. The Kier molecular flexibility index (Phi) is 6.72. The van der Waals surface area contributed by atoms with Crippen molar-refractivity contribution in [3.63, 3.8) is 0 Å². The van der Waals surface area contributed by atoms with E-state index < -0.39 is 11.4 Å². The van der Waals surface area contributed by atoms with Crippen molar-refractivity contribution in [3.05, 3.63) is 78.6 Å². The molecule has 0 saturated carbocycles. The van der Waals surface area contributed by atoms with E-state index in [1.807, 2.05) is 12.1 Å². The fourth-order valence-corrected chi connectivity index (χ4v) is 3.26. The van der Waals surface area contributed by atoms with Gasteiger partial charge in [-0.05, 0) is 48.0 Å². The second-order valence-corrected chi connectivity index (χ2v) is 7.01. The Morgan fingerprint density at radius 2 is 1.89 bits per heavy atom. The molecule has 1 heterocycles. The highest BCUT2D eigenvalue weighted by molar-refractivity contribution is 7.92. The third kappa shape index (κ3) is 5.63. The molecule has 0 aliphatic heterocycles. The second-order valence-electron chi connectivity index (χ2n) is 5.80. The molecule has 0 saturated heterocycles. The average molecular weight is 396 g/mol. The molecule has 3 rings (SSSR count). The molecule has 2 amide bonds. The molecule has 2 aromatic carbocycles. The van der Waals surface area contributed by atoms with E-state index in [0.29, 0.717) is 28.6 Å². The van der Waals surface area contributed by atoms with Gasteiger partial charge in [0, 0.05) is 30.7 Å². The SMILES string of the molecule is COc1cccc([S+]([O-])Nc2ccc(NC(=O)NCc3cccnc3)cc2)c1. The summed E-state index contributed by atoms with van der Waals surface area (Å²) in [4.78, 5) is 16.6. The number of ether oxygens (including phenoxy) is 1. The third-order valence-corrected chi connectivity index (χ3v) is 4.89. The Bertz CT molecular complexity index is 907. The number of anilines is 2. The summed E-state index contributed by atoms with van der Waals surface area (Å²) in [7, 11) is 1.56. The number of carbonyl (C=O) groups is 1. The van der Waals surface area contributed by atoms with Gasteiger partial charge < -0.3 is 19.9 Å². The van der Waals surface area contributed by atoms with Gasteiger partial charge in [0.2, 0.25) is 0 Å². The number of amides is 2. The smallest absolute Gasteiger partial charge is 0.319 e. The van der Waals surface area contributed by atoms with Gasteiger partial charge in [-0.15, -0.1) is 0 Å². The summed E-state index contributed by atoms with van der Waals surface area (Å²) >= 11 is -1.42. The third-order valence-electron chi connectivity index (χ3n) is 3.78. The van der Waals surface area contributed by atoms with Crippen molar-refractivity contribution in [2.75, 3.05) is 17.1 Å². The van der Waals surface area contributed by atoms with Crippen LogP contribution < -0.4 is 20.1 Å². The van der Waals surface area contributed by atoms with Crippen LogP contribution in [0.2, 0.25) is 0 Å². The van der Waals surface area contributed by atoms with E-state index in [0.717, 1.165) is 5.56 Å². The Balaban J connectivity index is 1.52. The molecular formula is C20H20N4O3S. The van der Waals surface area contributed by atoms with E-state index in [2.05, 4.69) is 20.3 Å². The summed E-state index contributed by atoms with van der Waals surface area (Å²) in [6.07, 6.45) is 3.38. The van der Waals surface area contributed by atoms with Crippen LogP contribution in [0.5, 0.6) is 5.75 Å². The number of hydrogen-bond donors (Lipinski definition) is 3. The monoisotopic (exact) mass is 396 g/mol. The molecular weight excluding hydrogens is 376 g/mol. The summed E-state index contributed by atoms with van der Waals surface area (Å²) in [6, 6.07) is 17.4. The first kappa shape index (κ1) is 19.5. The number of pyridine rings is 1. The molecule has 144 valence electrons. The van der Waals surface area contributed by atoms with Crippen LogP contribution in [0.1, 0.15) is 5.56 Å².